The van der Waals surface area contributed by atoms with Crippen molar-refractivity contribution >= 4 is 11.9 Å². The van der Waals surface area contributed by atoms with Gasteiger partial charge in [0.2, 0.25) is 0 Å². The third-order valence-electron chi connectivity index (χ3n) is 13.6. The topological polar surface area (TPSA) is 76.1 Å². The van der Waals surface area contributed by atoms with E-state index in [-0.39, 0.29) is 11.9 Å². The maximum Gasteiger partial charge on any atom is 0.306 e. The van der Waals surface area contributed by atoms with Gasteiger partial charge in [0.05, 0.1) is 18.8 Å². The third-order valence-corrected chi connectivity index (χ3v) is 13.6. The molecule has 0 spiro atoms. The predicted molar refractivity (Wildman–Crippen MR) is 269 cm³/mol. The first-order chi connectivity index (χ1) is 30.3. The standard InChI is InChI=1S/C56H111NO5/c1-7-13-17-22-30-40-53(41-31-23-18-14-8-2)51-55(59)62-49-37-27-25-33-43-56(60,44-34-35-47-57(45-11-5)46-12-6)42-32-24-21-26-36-48-61-54(58)50-52(38-28-19-15-9-3)39-29-20-16-10-4/h52-53,60H,7-51H2,1-6H3. The maximum atomic E-state index is 12.9. The third kappa shape index (κ3) is 40.4. The number of aliphatic hydroxyl groups is 1. The van der Waals surface area contributed by atoms with Crippen LogP contribution in [-0.4, -0.2) is 60.4 Å². The smallest absolute Gasteiger partial charge is 0.306 e. The molecule has 62 heavy (non-hydrogen) atoms. The van der Waals surface area contributed by atoms with Crippen LogP contribution in [0.5, 0.6) is 0 Å². The van der Waals surface area contributed by atoms with Crippen LogP contribution >= 0.6 is 0 Å². The summed E-state index contributed by atoms with van der Waals surface area (Å²) >= 11 is 0. The highest BCUT2D eigenvalue weighted by molar-refractivity contribution is 5.70. The molecule has 0 saturated carbocycles. The zero-order valence-corrected chi connectivity index (χ0v) is 43.0. The summed E-state index contributed by atoms with van der Waals surface area (Å²) in [7, 11) is 0. The van der Waals surface area contributed by atoms with Crippen LogP contribution in [0.15, 0.2) is 0 Å². The monoisotopic (exact) mass is 878 g/mol. The van der Waals surface area contributed by atoms with E-state index in [2.05, 4.69) is 46.4 Å². The maximum absolute atomic E-state index is 12.9. The molecule has 0 saturated heterocycles. The highest BCUT2D eigenvalue weighted by Gasteiger charge is 2.25. The number of esters is 2. The number of carbonyl (C=O) groups is 2. The fourth-order valence-electron chi connectivity index (χ4n) is 9.58. The molecule has 1 unspecified atom stereocenters. The lowest BCUT2D eigenvalue weighted by Gasteiger charge is -2.29. The van der Waals surface area contributed by atoms with Crippen LogP contribution in [0.25, 0.3) is 0 Å². The summed E-state index contributed by atoms with van der Waals surface area (Å²) in [5.41, 5.74) is -0.589. The van der Waals surface area contributed by atoms with E-state index in [0.29, 0.717) is 37.9 Å². The van der Waals surface area contributed by atoms with Crippen molar-refractivity contribution in [3.8, 4) is 0 Å². The molecule has 0 fully saturated rings. The minimum absolute atomic E-state index is 0.00841. The summed E-state index contributed by atoms with van der Waals surface area (Å²) in [6.45, 7) is 18.1. The fourth-order valence-corrected chi connectivity index (χ4v) is 9.58. The van der Waals surface area contributed by atoms with Gasteiger partial charge in [-0.05, 0) is 115 Å². The molecule has 6 heteroatoms. The van der Waals surface area contributed by atoms with Crippen molar-refractivity contribution in [2.45, 2.75) is 304 Å². The summed E-state index contributed by atoms with van der Waals surface area (Å²) < 4.78 is 11.5. The average molecular weight is 879 g/mol. The Kier molecular flexibility index (Phi) is 45.5. The highest BCUT2D eigenvalue weighted by Crippen LogP contribution is 2.29. The second kappa shape index (κ2) is 46.4. The predicted octanol–water partition coefficient (Wildman–Crippen LogP) is 17.1. The van der Waals surface area contributed by atoms with Gasteiger partial charge in [0.25, 0.3) is 0 Å². The van der Waals surface area contributed by atoms with E-state index < -0.39 is 5.60 Å². The number of unbranched alkanes of at least 4 members (excludes halogenated alkanes) is 22. The van der Waals surface area contributed by atoms with Gasteiger partial charge in [-0.3, -0.25) is 9.59 Å². The lowest BCUT2D eigenvalue weighted by atomic mass is 9.85. The van der Waals surface area contributed by atoms with E-state index in [0.717, 1.165) is 96.4 Å². The van der Waals surface area contributed by atoms with Crippen molar-refractivity contribution < 1.29 is 24.2 Å². The Morgan fingerprint density at radius 2 is 0.694 bits per heavy atom. The molecule has 0 aliphatic heterocycles. The van der Waals surface area contributed by atoms with Crippen molar-refractivity contribution in [3.05, 3.63) is 0 Å². The molecular formula is C56H111NO5. The lowest BCUT2D eigenvalue weighted by molar-refractivity contribution is -0.146. The quantitative estimate of drug-likeness (QED) is 0.0485. The van der Waals surface area contributed by atoms with Gasteiger partial charge in [0.1, 0.15) is 0 Å². The Bertz CT molecular complexity index is 911. The zero-order valence-electron chi connectivity index (χ0n) is 43.0. The summed E-state index contributed by atoms with van der Waals surface area (Å²) in [6.07, 6.45) is 45.6. The number of carbonyl (C=O) groups excluding carboxylic acids is 2. The molecule has 0 aliphatic rings. The molecule has 0 bridgehead atoms. The normalized spacial score (nSPS) is 12.8. The van der Waals surface area contributed by atoms with Gasteiger partial charge >= 0.3 is 11.9 Å². The molecule has 0 amide bonds. The molecule has 1 N–H and O–H groups in total. The van der Waals surface area contributed by atoms with Gasteiger partial charge in [-0.25, -0.2) is 0 Å². The zero-order chi connectivity index (χ0) is 45.6. The molecule has 370 valence electrons. The van der Waals surface area contributed by atoms with Crippen LogP contribution in [0, 0.1) is 11.8 Å². The molecule has 0 aromatic rings. The molecule has 0 aliphatic carbocycles. The fraction of sp³-hybridized carbons (Fsp3) is 0.964. The minimum atomic E-state index is -0.589. The molecule has 0 rings (SSSR count). The largest absolute Gasteiger partial charge is 0.466 e. The first-order valence-electron chi connectivity index (χ1n) is 28.0. The van der Waals surface area contributed by atoms with Crippen LogP contribution in [0.4, 0.5) is 0 Å². The van der Waals surface area contributed by atoms with E-state index in [9.17, 15) is 14.7 Å². The van der Waals surface area contributed by atoms with Gasteiger partial charge in [-0.1, -0.05) is 202 Å². The summed E-state index contributed by atoms with van der Waals surface area (Å²) in [4.78, 5) is 28.2. The minimum Gasteiger partial charge on any atom is -0.466 e. The van der Waals surface area contributed by atoms with Gasteiger partial charge in [-0.2, -0.15) is 0 Å². The molecule has 0 heterocycles. The van der Waals surface area contributed by atoms with Crippen LogP contribution in [0.3, 0.4) is 0 Å². The number of hydrogen-bond acceptors (Lipinski definition) is 6. The number of nitrogens with zero attached hydrogens (tertiary/aromatic N) is 1. The highest BCUT2D eigenvalue weighted by atomic mass is 16.5. The van der Waals surface area contributed by atoms with Crippen molar-refractivity contribution in [3.63, 3.8) is 0 Å². The first-order valence-corrected chi connectivity index (χ1v) is 28.0. The van der Waals surface area contributed by atoms with Crippen molar-refractivity contribution in [1.82, 2.24) is 4.90 Å². The van der Waals surface area contributed by atoms with Crippen molar-refractivity contribution in [2.75, 3.05) is 32.8 Å². The Labute approximate surface area is 388 Å². The van der Waals surface area contributed by atoms with E-state index in [1.54, 1.807) is 0 Å². The van der Waals surface area contributed by atoms with Crippen molar-refractivity contribution in [1.29, 1.82) is 0 Å². The van der Waals surface area contributed by atoms with Crippen LogP contribution in [0.1, 0.15) is 298 Å². The first kappa shape index (κ1) is 60.9. The van der Waals surface area contributed by atoms with E-state index in [1.807, 2.05) is 0 Å². The number of hydrogen-bond donors (Lipinski definition) is 1. The molecular weight excluding hydrogens is 767 g/mol. The summed E-state index contributed by atoms with van der Waals surface area (Å²) in [5, 5.41) is 11.9. The number of ether oxygens (including phenoxy) is 2. The van der Waals surface area contributed by atoms with Crippen molar-refractivity contribution in [2.24, 2.45) is 11.8 Å². The summed E-state index contributed by atoms with van der Waals surface area (Å²) in [6, 6.07) is 0. The van der Waals surface area contributed by atoms with Crippen LogP contribution in [-0.2, 0) is 19.1 Å². The molecule has 0 aromatic heterocycles. The Balaban J connectivity index is 4.72. The van der Waals surface area contributed by atoms with Gasteiger partial charge < -0.3 is 19.5 Å². The van der Waals surface area contributed by atoms with E-state index in [4.69, 9.17) is 9.47 Å². The Morgan fingerprint density at radius 3 is 1.06 bits per heavy atom. The van der Waals surface area contributed by atoms with Crippen LogP contribution in [0.2, 0.25) is 0 Å². The summed E-state index contributed by atoms with van der Waals surface area (Å²) in [5.74, 6) is 0.981. The number of rotatable bonds is 50. The molecule has 6 nitrogen and oxygen atoms in total. The SMILES string of the molecule is CCCCCCCC(CCCCCCC)CC(=O)OCCCCCCC(O)(CCCCCCCOC(=O)CC(CCCCCC)CCCCCC)CCCCN(CCC)CCC. The van der Waals surface area contributed by atoms with E-state index >= 15 is 0 Å². The van der Waals surface area contributed by atoms with Gasteiger partial charge in [0.15, 0.2) is 0 Å². The molecule has 0 radical (unpaired) electrons. The molecule has 0 aromatic carbocycles. The molecule has 1 atom stereocenters. The van der Waals surface area contributed by atoms with Crippen LogP contribution < -0.4 is 0 Å². The van der Waals surface area contributed by atoms with E-state index in [1.165, 1.54) is 167 Å². The second-order valence-corrected chi connectivity index (χ2v) is 19.9. The Morgan fingerprint density at radius 1 is 0.387 bits per heavy atom. The van der Waals surface area contributed by atoms with Gasteiger partial charge in [-0.15, -0.1) is 0 Å². The second-order valence-electron chi connectivity index (χ2n) is 19.9. The lowest BCUT2D eigenvalue weighted by Crippen LogP contribution is -2.30. The van der Waals surface area contributed by atoms with Gasteiger partial charge in [0, 0.05) is 12.8 Å². The average Bonchev–Trinajstić information content (AvgIpc) is 3.25. The Hall–Kier alpha value is -1.14.